The van der Waals surface area contributed by atoms with Gasteiger partial charge >= 0.3 is 6.03 Å². The summed E-state index contributed by atoms with van der Waals surface area (Å²) >= 11 is 1.19. The van der Waals surface area contributed by atoms with Gasteiger partial charge in [0, 0.05) is 35.8 Å². The van der Waals surface area contributed by atoms with Crippen LogP contribution in [0.5, 0.6) is 0 Å². The largest absolute Gasteiger partial charge is 0.341 e. The molecule has 3 aromatic rings. The van der Waals surface area contributed by atoms with E-state index in [4.69, 9.17) is 0 Å². The van der Waals surface area contributed by atoms with E-state index in [-0.39, 0.29) is 0 Å². The standard InChI is InChI=1S/C21H16F3N3OS/c1-12-5-6-15(8-13(12)2)27-21(28)26(20-19(29-27)4-3-7-25-20)11-16-17(23)9-14(22)10-18(16)24/h3-10H,11H2,1-2H3. The lowest BCUT2D eigenvalue weighted by Crippen LogP contribution is -2.43. The Morgan fingerprint density at radius 3 is 2.41 bits per heavy atom. The van der Waals surface area contributed by atoms with E-state index >= 15 is 0 Å². The maximum absolute atomic E-state index is 14.2. The van der Waals surface area contributed by atoms with Crippen LogP contribution in [0.15, 0.2) is 53.6 Å². The maximum atomic E-state index is 14.2. The molecule has 0 fully saturated rings. The molecule has 0 bridgehead atoms. The predicted octanol–water partition coefficient (Wildman–Crippen LogP) is 5.77. The van der Waals surface area contributed by atoms with Crippen LogP contribution < -0.4 is 9.21 Å². The van der Waals surface area contributed by atoms with E-state index in [1.54, 1.807) is 12.1 Å². The molecular formula is C21H16F3N3OS. The number of nitrogens with zero attached hydrogens (tertiary/aromatic N) is 3. The maximum Gasteiger partial charge on any atom is 0.341 e. The number of pyridine rings is 1. The van der Waals surface area contributed by atoms with E-state index in [0.29, 0.717) is 28.5 Å². The highest BCUT2D eigenvalue weighted by molar-refractivity contribution is 8.01. The summed E-state index contributed by atoms with van der Waals surface area (Å²) in [6.45, 7) is 3.49. The number of aryl methyl sites for hydroxylation is 2. The highest BCUT2D eigenvalue weighted by atomic mass is 32.2. The molecule has 1 aliphatic rings. The summed E-state index contributed by atoms with van der Waals surface area (Å²) in [6.07, 6.45) is 1.50. The van der Waals surface area contributed by atoms with E-state index in [0.717, 1.165) is 11.1 Å². The van der Waals surface area contributed by atoms with Crippen LogP contribution in [0.25, 0.3) is 0 Å². The number of hydrogen-bond acceptors (Lipinski definition) is 3. The van der Waals surface area contributed by atoms with Crippen molar-refractivity contribution < 1.29 is 18.0 Å². The molecule has 0 saturated heterocycles. The average molecular weight is 415 g/mol. The zero-order valence-corrected chi connectivity index (χ0v) is 16.4. The van der Waals surface area contributed by atoms with Gasteiger partial charge in [0.25, 0.3) is 0 Å². The number of anilines is 2. The molecule has 0 spiro atoms. The van der Waals surface area contributed by atoms with Gasteiger partial charge in [0.1, 0.15) is 17.5 Å². The zero-order valence-electron chi connectivity index (χ0n) is 15.6. The minimum absolute atomic E-state index is 0.297. The summed E-state index contributed by atoms with van der Waals surface area (Å²) in [7, 11) is 0. The molecule has 0 atom stereocenters. The fourth-order valence-electron chi connectivity index (χ4n) is 3.03. The van der Waals surface area contributed by atoms with Crippen molar-refractivity contribution in [3.05, 3.63) is 82.8 Å². The van der Waals surface area contributed by atoms with E-state index < -0.39 is 35.6 Å². The number of fused-ring (bicyclic) bond motifs is 1. The van der Waals surface area contributed by atoms with Gasteiger partial charge < -0.3 is 0 Å². The van der Waals surface area contributed by atoms with E-state index in [9.17, 15) is 18.0 Å². The Morgan fingerprint density at radius 2 is 1.72 bits per heavy atom. The van der Waals surface area contributed by atoms with Gasteiger partial charge in [-0.15, -0.1) is 0 Å². The first-order valence-electron chi connectivity index (χ1n) is 8.80. The average Bonchev–Trinajstić information content (AvgIpc) is 2.68. The minimum atomic E-state index is -1.05. The zero-order chi connectivity index (χ0) is 20.7. The second-order valence-corrected chi connectivity index (χ2v) is 7.68. The van der Waals surface area contributed by atoms with E-state index in [2.05, 4.69) is 4.98 Å². The van der Waals surface area contributed by atoms with Gasteiger partial charge in [-0.3, -0.25) is 4.90 Å². The number of amides is 2. The van der Waals surface area contributed by atoms with Gasteiger partial charge in [-0.25, -0.2) is 27.3 Å². The Balaban J connectivity index is 1.78. The molecule has 148 valence electrons. The van der Waals surface area contributed by atoms with Crippen LogP contribution in [0, 0.1) is 31.3 Å². The van der Waals surface area contributed by atoms with Crippen molar-refractivity contribution in [1.29, 1.82) is 0 Å². The third-order valence-corrected chi connectivity index (χ3v) is 5.81. The lowest BCUT2D eigenvalue weighted by Gasteiger charge is -2.35. The number of urea groups is 1. The molecule has 4 rings (SSSR count). The summed E-state index contributed by atoms with van der Waals surface area (Å²) in [6, 6.07) is 9.79. The van der Waals surface area contributed by atoms with Crippen molar-refractivity contribution in [2.24, 2.45) is 0 Å². The van der Waals surface area contributed by atoms with Crippen molar-refractivity contribution in [3.63, 3.8) is 0 Å². The highest BCUT2D eigenvalue weighted by Gasteiger charge is 2.34. The fraction of sp³-hybridized carbons (Fsp3) is 0.143. The lowest BCUT2D eigenvalue weighted by molar-refractivity contribution is 0.253. The predicted molar refractivity (Wildman–Crippen MR) is 106 cm³/mol. The molecule has 2 aromatic carbocycles. The first-order valence-corrected chi connectivity index (χ1v) is 9.58. The lowest BCUT2D eigenvalue weighted by atomic mass is 10.1. The van der Waals surface area contributed by atoms with E-state index in [1.165, 1.54) is 27.3 Å². The normalized spacial score (nSPS) is 13.6. The number of carbonyl (C=O) groups excluding carboxylic acids is 1. The topological polar surface area (TPSA) is 36.4 Å². The quantitative estimate of drug-likeness (QED) is 0.510. The molecule has 2 amide bonds. The first kappa shape index (κ1) is 19.3. The third-order valence-electron chi connectivity index (χ3n) is 4.75. The van der Waals surface area contributed by atoms with Gasteiger partial charge in [-0.2, -0.15) is 0 Å². The van der Waals surface area contributed by atoms with Crippen molar-refractivity contribution in [1.82, 2.24) is 4.98 Å². The monoisotopic (exact) mass is 415 g/mol. The molecule has 0 radical (unpaired) electrons. The number of aromatic nitrogens is 1. The molecule has 0 N–H and O–H groups in total. The summed E-state index contributed by atoms with van der Waals surface area (Å²) in [5, 5.41) is 0. The number of halogens is 3. The summed E-state index contributed by atoms with van der Waals surface area (Å²) in [5.74, 6) is -2.82. The van der Waals surface area contributed by atoms with Gasteiger partial charge in [-0.05, 0) is 49.2 Å². The van der Waals surface area contributed by atoms with Crippen molar-refractivity contribution in [2.45, 2.75) is 25.3 Å². The minimum Gasteiger partial charge on any atom is -0.272 e. The van der Waals surface area contributed by atoms with Gasteiger partial charge in [0.15, 0.2) is 5.82 Å². The number of carbonyl (C=O) groups is 1. The van der Waals surface area contributed by atoms with Crippen LogP contribution in [0.4, 0.5) is 29.5 Å². The van der Waals surface area contributed by atoms with Gasteiger partial charge in [0.05, 0.1) is 17.1 Å². The Labute approximate surface area is 170 Å². The van der Waals surface area contributed by atoms with Crippen LogP contribution in [-0.4, -0.2) is 11.0 Å². The number of benzene rings is 2. The van der Waals surface area contributed by atoms with Crippen LogP contribution in [0.2, 0.25) is 0 Å². The summed E-state index contributed by atoms with van der Waals surface area (Å²) in [4.78, 5) is 19.3. The van der Waals surface area contributed by atoms with Crippen molar-refractivity contribution >= 4 is 29.5 Å². The fourth-order valence-corrected chi connectivity index (χ4v) is 4.01. The summed E-state index contributed by atoms with van der Waals surface area (Å²) < 4.78 is 43.2. The van der Waals surface area contributed by atoms with Crippen molar-refractivity contribution in [2.75, 3.05) is 9.21 Å². The molecule has 8 heteroatoms. The van der Waals surface area contributed by atoms with Crippen LogP contribution in [-0.2, 0) is 6.54 Å². The van der Waals surface area contributed by atoms with Crippen LogP contribution in [0.3, 0.4) is 0 Å². The molecule has 0 saturated carbocycles. The van der Waals surface area contributed by atoms with Crippen LogP contribution in [0.1, 0.15) is 16.7 Å². The second kappa shape index (κ2) is 7.44. The first-order chi connectivity index (χ1) is 13.8. The Morgan fingerprint density at radius 1 is 1.00 bits per heavy atom. The molecule has 2 heterocycles. The van der Waals surface area contributed by atoms with Gasteiger partial charge in [0.2, 0.25) is 0 Å². The SMILES string of the molecule is Cc1ccc(N2Sc3cccnc3N(Cc3c(F)cc(F)cc3F)C2=O)cc1C. The van der Waals surface area contributed by atoms with E-state index in [1.807, 2.05) is 32.0 Å². The second-order valence-electron chi connectivity index (χ2n) is 6.70. The summed E-state index contributed by atoms with van der Waals surface area (Å²) in [5.41, 5.74) is 2.33. The Bertz CT molecular complexity index is 1100. The molecule has 0 unspecified atom stereocenters. The van der Waals surface area contributed by atoms with Crippen molar-refractivity contribution in [3.8, 4) is 0 Å². The smallest absolute Gasteiger partial charge is 0.272 e. The molecule has 4 nitrogen and oxygen atoms in total. The number of rotatable bonds is 3. The van der Waals surface area contributed by atoms with Crippen LogP contribution >= 0.6 is 11.9 Å². The number of hydrogen-bond donors (Lipinski definition) is 0. The molecule has 0 aliphatic carbocycles. The Hall–Kier alpha value is -3.00. The molecule has 29 heavy (non-hydrogen) atoms. The molecule has 1 aliphatic heterocycles. The molecule has 1 aromatic heterocycles. The highest BCUT2D eigenvalue weighted by Crippen LogP contribution is 2.41. The Kier molecular flexibility index (Phi) is 4.96. The van der Waals surface area contributed by atoms with Gasteiger partial charge in [-0.1, -0.05) is 6.07 Å². The molecular weight excluding hydrogens is 399 g/mol. The third kappa shape index (κ3) is 3.55.